The number of amides is 1. The van der Waals surface area contributed by atoms with Gasteiger partial charge in [-0.25, -0.2) is 9.48 Å². The molecule has 1 aromatic carbocycles. The quantitative estimate of drug-likeness (QED) is 0.293. The molecule has 0 fully saturated rings. The monoisotopic (exact) mass is 600 g/mol. The number of thiophene rings is 1. The number of carbonyl (C=O) groups is 2. The van der Waals surface area contributed by atoms with Crippen LogP contribution in [-0.4, -0.2) is 39.5 Å². The van der Waals surface area contributed by atoms with Crippen LogP contribution >= 0.6 is 27.3 Å². The minimum absolute atomic E-state index is 0.0456. The number of hydrogen-bond donors (Lipinski definition) is 3. The zero-order valence-electron chi connectivity index (χ0n) is 20.0. The highest BCUT2D eigenvalue weighted by molar-refractivity contribution is 9.10. The van der Waals surface area contributed by atoms with E-state index in [1.54, 1.807) is 38.1 Å². The van der Waals surface area contributed by atoms with Gasteiger partial charge in [0.15, 0.2) is 11.7 Å². The fourth-order valence-corrected chi connectivity index (χ4v) is 5.62. The molecule has 0 saturated heterocycles. The summed E-state index contributed by atoms with van der Waals surface area (Å²) >= 11 is 4.31. The van der Waals surface area contributed by atoms with Crippen molar-refractivity contribution < 1.29 is 32.6 Å². The summed E-state index contributed by atoms with van der Waals surface area (Å²) in [7, 11) is 0. The second kappa shape index (κ2) is 10.5. The lowest BCUT2D eigenvalue weighted by atomic mass is 9.97. The maximum Gasteiger partial charge on any atom is 0.410 e. The Morgan fingerprint density at radius 2 is 2.03 bits per heavy atom. The molecule has 37 heavy (non-hydrogen) atoms. The van der Waals surface area contributed by atoms with Gasteiger partial charge in [0.25, 0.3) is 5.91 Å². The van der Waals surface area contributed by atoms with Crippen molar-refractivity contribution in [3.05, 3.63) is 62.1 Å². The van der Waals surface area contributed by atoms with Gasteiger partial charge < -0.3 is 20.5 Å². The number of esters is 1. The summed E-state index contributed by atoms with van der Waals surface area (Å²) in [5.41, 5.74) is 0.943. The number of ether oxygens (including phenoxy) is 1. The van der Waals surface area contributed by atoms with Gasteiger partial charge in [-0.05, 0) is 44.0 Å². The number of halogens is 4. The van der Waals surface area contributed by atoms with E-state index in [0.29, 0.717) is 16.0 Å². The van der Waals surface area contributed by atoms with Crippen LogP contribution in [0.1, 0.15) is 75.3 Å². The first-order valence-electron chi connectivity index (χ1n) is 11.4. The fourth-order valence-electron chi connectivity index (χ4n) is 4.23. The number of anilines is 2. The Labute approximate surface area is 222 Å². The Morgan fingerprint density at radius 3 is 2.62 bits per heavy atom. The van der Waals surface area contributed by atoms with Gasteiger partial charge >= 0.3 is 12.1 Å². The summed E-state index contributed by atoms with van der Waals surface area (Å²) in [6.45, 7) is 4.88. The molecule has 13 heteroatoms. The number of aliphatic hydroxyl groups is 1. The van der Waals surface area contributed by atoms with Gasteiger partial charge in [0.1, 0.15) is 10.8 Å². The molecule has 1 aliphatic heterocycles. The summed E-state index contributed by atoms with van der Waals surface area (Å²) in [5.74, 6) is -1.43. The zero-order valence-corrected chi connectivity index (χ0v) is 22.4. The maximum absolute atomic E-state index is 14.0. The lowest BCUT2D eigenvalue weighted by Crippen LogP contribution is -2.35. The van der Waals surface area contributed by atoms with Gasteiger partial charge in [-0.1, -0.05) is 28.1 Å². The van der Waals surface area contributed by atoms with Crippen molar-refractivity contribution in [2.75, 3.05) is 17.2 Å². The van der Waals surface area contributed by atoms with Crippen molar-refractivity contribution in [2.24, 2.45) is 0 Å². The Morgan fingerprint density at radius 1 is 1.35 bits per heavy atom. The van der Waals surface area contributed by atoms with Crippen molar-refractivity contribution in [3.8, 4) is 0 Å². The van der Waals surface area contributed by atoms with Gasteiger partial charge in [0.2, 0.25) is 0 Å². The third-order valence-corrected chi connectivity index (χ3v) is 7.87. The lowest BCUT2D eigenvalue weighted by Gasteiger charge is -2.33. The first-order chi connectivity index (χ1) is 17.4. The molecule has 3 heterocycles. The average Bonchev–Trinajstić information content (AvgIpc) is 3.39. The summed E-state index contributed by atoms with van der Waals surface area (Å²) < 4.78 is 48.7. The number of rotatable bonds is 6. The molecule has 0 spiro atoms. The largest absolute Gasteiger partial charge is 0.462 e. The molecular weight excluding hydrogens is 577 g/mol. The summed E-state index contributed by atoms with van der Waals surface area (Å²) in [6, 6.07) is 5.60. The van der Waals surface area contributed by atoms with E-state index in [0.717, 1.165) is 20.5 Å². The summed E-state index contributed by atoms with van der Waals surface area (Å²) in [6.07, 6.45) is -5.82. The smallest absolute Gasteiger partial charge is 0.410 e. The standard InChI is InChI=1S/C24H24BrF3N4O4S/c1-4-36-23(35)19-11(2)20(12(3)33)37-22(19)30-21(34)16-10-18-29-15(13-5-7-14(25)8-6-13)9-17(24(26,27)28)32(18)31-16/h5-8,10,12,15,17,29,33H,4,9H2,1-3H3,(H,30,34)/t12-,15+,17-/m1/s1. The molecule has 4 rings (SSSR count). The molecule has 1 amide bonds. The lowest BCUT2D eigenvalue weighted by molar-refractivity contribution is -0.173. The second-order valence-electron chi connectivity index (χ2n) is 8.55. The minimum atomic E-state index is -4.60. The van der Waals surface area contributed by atoms with Crippen LogP contribution in [0.5, 0.6) is 0 Å². The van der Waals surface area contributed by atoms with Gasteiger partial charge in [-0.15, -0.1) is 11.3 Å². The van der Waals surface area contributed by atoms with Gasteiger partial charge in [-0.2, -0.15) is 18.3 Å². The number of nitrogens with zero attached hydrogens (tertiary/aromatic N) is 2. The van der Waals surface area contributed by atoms with Gasteiger partial charge in [0.05, 0.1) is 24.3 Å². The van der Waals surface area contributed by atoms with Crippen LogP contribution in [0.25, 0.3) is 0 Å². The minimum Gasteiger partial charge on any atom is -0.462 e. The van der Waals surface area contributed by atoms with E-state index in [2.05, 4.69) is 31.7 Å². The Kier molecular flexibility index (Phi) is 7.67. The van der Waals surface area contributed by atoms with Gasteiger partial charge in [0, 0.05) is 21.8 Å². The summed E-state index contributed by atoms with van der Waals surface area (Å²) in [5, 5.41) is 19.8. The highest BCUT2D eigenvalue weighted by Crippen LogP contribution is 2.44. The Balaban J connectivity index is 1.67. The highest BCUT2D eigenvalue weighted by atomic mass is 79.9. The highest BCUT2D eigenvalue weighted by Gasteiger charge is 2.47. The molecule has 0 aliphatic carbocycles. The third kappa shape index (κ3) is 5.53. The second-order valence-corrected chi connectivity index (χ2v) is 10.5. The molecular formula is C24H24BrF3N4O4S. The van der Waals surface area contributed by atoms with Crippen molar-refractivity contribution >= 4 is 50.0 Å². The Hall–Kier alpha value is -2.90. The van der Waals surface area contributed by atoms with E-state index in [-0.39, 0.29) is 35.1 Å². The van der Waals surface area contributed by atoms with E-state index in [1.807, 2.05) is 0 Å². The molecule has 0 saturated carbocycles. The topological polar surface area (TPSA) is 105 Å². The van der Waals surface area contributed by atoms with Crippen LogP contribution in [0.2, 0.25) is 0 Å². The maximum atomic E-state index is 14.0. The number of carbonyl (C=O) groups excluding carboxylic acids is 2. The molecule has 1 aliphatic rings. The van der Waals surface area contributed by atoms with E-state index < -0.39 is 36.2 Å². The number of nitrogens with one attached hydrogen (secondary N) is 2. The average molecular weight is 601 g/mol. The van der Waals surface area contributed by atoms with Crippen LogP contribution < -0.4 is 10.6 Å². The SMILES string of the molecule is CCOC(=O)c1c(NC(=O)c2cc3n(n2)[C@@H](C(F)(F)F)C[C@@H](c2ccc(Br)cc2)N3)sc([C@@H](C)O)c1C. The van der Waals surface area contributed by atoms with Crippen molar-refractivity contribution in [3.63, 3.8) is 0 Å². The van der Waals surface area contributed by atoms with Crippen molar-refractivity contribution in [2.45, 2.75) is 51.6 Å². The molecule has 2 aromatic heterocycles. The first-order valence-corrected chi connectivity index (χ1v) is 13.0. The van der Waals surface area contributed by atoms with Crippen LogP contribution in [0.4, 0.5) is 24.0 Å². The molecule has 0 radical (unpaired) electrons. The number of alkyl halides is 3. The predicted molar refractivity (Wildman–Crippen MR) is 136 cm³/mol. The van der Waals surface area contributed by atoms with Crippen LogP contribution in [-0.2, 0) is 4.74 Å². The van der Waals surface area contributed by atoms with Crippen molar-refractivity contribution in [1.29, 1.82) is 0 Å². The van der Waals surface area contributed by atoms with Crippen molar-refractivity contribution in [1.82, 2.24) is 9.78 Å². The molecule has 3 atom stereocenters. The van der Waals surface area contributed by atoms with E-state index in [1.165, 1.54) is 13.0 Å². The van der Waals surface area contributed by atoms with Crippen LogP contribution in [0.3, 0.4) is 0 Å². The normalized spacial score (nSPS) is 18.1. The first kappa shape index (κ1) is 27.1. The number of hydrogen-bond acceptors (Lipinski definition) is 7. The number of fused-ring (bicyclic) bond motifs is 1. The molecule has 198 valence electrons. The molecule has 3 N–H and O–H groups in total. The van der Waals surface area contributed by atoms with Crippen LogP contribution in [0.15, 0.2) is 34.8 Å². The Bertz CT molecular complexity index is 1320. The fraction of sp³-hybridized carbons (Fsp3) is 0.375. The molecule has 3 aromatic rings. The summed E-state index contributed by atoms with van der Waals surface area (Å²) in [4.78, 5) is 26.1. The number of aliphatic hydroxyl groups excluding tert-OH is 1. The molecule has 0 unspecified atom stereocenters. The third-order valence-electron chi connectivity index (χ3n) is 5.96. The molecule has 0 bridgehead atoms. The van der Waals surface area contributed by atoms with Gasteiger partial charge in [-0.3, -0.25) is 4.79 Å². The predicted octanol–water partition coefficient (Wildman–Crippen LogP) is 6.16. The zero-order chi connectivity index (χ0) is 27.1. The van der Waals surface area contributed by atoms with E-state index in [9.17, 15) is 27.9 Å². The van der Waals surface area contributed by atoms with E-state index >= 15 is 0 Å². The number of aromatic nitrogens is 2. The molecule has 8 nitrogen and oxygen atoms in total. The number of benzene rings is 1. The van der Waals surface area contributed by atoms with E-state index in [4.69, 9.17) is 4.74 Å². The van der Waals surface area contributed by atoms with Crippen LogP contribution in [0, 0.1) is 6.92 Å².